The topological polar surface area (TPSA) is 64.6 Å². The van der Waals surface area contributed by atoms with Crippen molar-refractivity contribution >= 4 is 28.3 Å². The molecular weight excluding hydrogens is 230 g/mol. The Hall–Kier alpha value is -1.82. The first kappa shape index (κ1) is 12.3. The molecule has 0 saturated carbocycles. The fourth-order valence-electron chi connectivity index (χ4n) is 0.915. The molecule has 5 nitrogen and oxygen atoms in total. The van der Waals surface area contributed by atoms with Crippen molar-refractivity contribution in [1.82, 2.24) is 0 Å². The molecule has 1 aromatic rings. The van der Waals surface area contributed by atoms with Crippen molar-refractivity contribution in [2.75, 3.05) is 19.5 Å². The van der Waals surface area contributed by atoms with Gasteiger partial charge in [0.1, 0.15) is 5.70 Å². The van der Waals surface area contributed by atoms with Gasteiger partial charge in [0.15, 0.2) is 0 Å². The monoisotopic (exact) mass is 241 g/mol. The number of hydrogen-bond acceptors (Lipinski definition) is 6. The molecular formula is C10H11NO4S. The number of nitrogens with one attached hydrogen (secondary N) is 1. The van der Waals surface area contributed by atoms with Gasteiger partial charge in [-0.1, -0.05) is 0 Å². The molecule has 0 aliphatic heterocycles. The summed E-state index contributed by atoms with van der Waals surface area (Å²) in [5, 5.41) is 5.36. The number of methoxy groups -OCH3 is 2. The van der Waals surface area contributed by atoms with E-state index in [1.54, 1.807) is 6.07 Å². The zero-order chi connectivity index (χ0) is 12.0. The fraction of sp³-hybridized carbons (Fsp3) is 0.200. The Morgan fingerprint density at radius 1 is 1.38 bits per heavy atom. The molecule has 0 radical (unpaired) electrons. The first-order chi connectivity index (χ1) is 7.67. The number of thiophene rings is 1. The van der Waals surface area contributed by atoms with Gasteiger partial charge in [-0.15, -0.1) is 11.3 Å². The number of carbonyl (C=O) groups is 2. The highest BCUT2D eigenvalue weighted by Gasteiger charge is 2.12. The molecule has 16 heavy (non-hydrogen) atoms. The third-order valence-corrected chi connectivity index (χ3v) is 2.43. The van der Waals surface area contributed by atoms with Crippen LogP contribution in [0.3, 0.4) is 0 Å². The summed E-state index contributed by atoms with van der Waals surface area (Å²) in [6.07, 6.45) is 1.05. The Balaban J connectivity index is 2.84. The van der Waals surface area contributed by atoms with Crippen molar-refractivity contribution in [1.29, 1.82) is 0 Å². The summed E-state index contributed by atoms with van der Waals surface area (Å²) in [6.45, 7) is 0. The van der Waals surface area contributed by atoms with Gasteiger partial charge >= 0.3 is 11.9 Å². The van der Waals surface area contributed by atoms with Gasteiger partial charge in [0, 0.05) is 0 Å². The van der Waals surface area contributed by atoms with E-state index in [4.69, 9.17) is 0 Å². The highest BCUT2D eigenvalue weighted by molar-refractivity contribution is 7.14. The first-order valence-electron chi connectivity index (χ1n) is 4.36. The average molecular weight is 241 g/mol. The summed E-state index contributed by atoms with van der Waals surface area (Å²) in [5.74, 6) is -1.25. The molecule has 0 fully saturated rings. The predicted octanol–water partition coefficient (Wildman–Crippen LogP) is 1.39. The number of hydrogen-bond donors (Lipinski definition) is 1. The van der Waals surface area contributed by atoms with E-state index in [0.717, 1.165) is 11.1 Å². The van der Waals surface area contributed by atoms with Crippen LogP contribution in [0.5, 0.6) is 0 Å². The molecule has 86 valence electrons. The molecule has 0 aromatic carbocycles. The molecule has 6 heteroatoms. The Morgan fingerprint density at radius 3 is 2.62 bits per heavy atom. The van der Waals surface area contributed by atoms with Gasteiger partial charge in [-0.05, 0) is 17.5 Å². The van der Waals surface area contributed by atoms with E-state index in [-0.39, 0.29) is 5.70 Å². The molecule has 1 N–H and O–H groups in total. The van der Waals surface area contributed by atoms with Crippen LogP contribution in [-0.4, -0.2) is 26.2 Å². The van der Waals surface area contributed by atoms with Gasteiger partial charge in [-0.2, -0.15) is 0 Å². The molecule has 0 aliphatic carbocycles. The van der Waals surface area contributed by atoms with Gasteiger partial charge in [-0.25, -0.2) is 9.59 Å². The Morgan fingerprint density at radius 2 is 2.12 bits per heavy atom. The van der Waals surface area contributed by atoms with Crippen molar-refractivity contribution < 1.29 is 19.1 Å². The van der Waals surface area contributed by atoms with E-state index in [1.807, 2.05) is 11.4 Å². The fourth-order valence-corrected chi connectivity index (χ4v) is 1.54. The van der Waals surface area contributed by atoms with Crippen LogP contribution in [-0.2, 0) is 19.1 Å². The minimum Gasteiger partial charge on any atom is -0.466 e. The molecule has 0 amide bonds. The zero-order valence-electron chi connectivity index (χ0n) is 8.85. The number of carbonyl (C=O) groups excluding carboxylic acids is 2. The van der Waals surface area contributed by atoms with E-state index >= 15 is 0 Å². The molecule has 0 unspecified atom stereocenters. The van der Waals surface area contributed by atoms with Crippen LogP contribution < -0.4 is 5.32 Å². The lowest BCUT2D eigenvalue weighted by molar-refractivity contribution is -0.138. The summed E-state index contributed by atoms with van der Waals surface area (Å²) in [4.78, 5) is 22.4. The van der Waals surface area contributed by atoms with Gasteiger partial charge in [0.2, 0.25) is 0 Å². The molecule has 0 atom stereocenters. The predicted molar refractivity (Wildman–Crippen MR) is 60.1 cm³/mol. The summed E-state index contributed by atoms with van der Waals surface area (Å²) in [5.41, 5.74) is 0.0387. The standard InChI is InChI=1S/C10H11NO4S/c1-14-9(12)6-7(10(13)15-2)11-8-4-3-5-16-8/h3-6,11H,1-2H3. The SMILES string of the molecule is COC(=O)C=C(Nc1cccs1)C(=O)OC. The summed E-state index contributed by atoms with van der Waals surface area (Å²) < 4.78 is 8.97. The van der Waals surface area contributed by atoms with Crippen LogP contribution in [0.25, 0.3) is 0 Å². The highest BCUT2D eigenvalue weighted by Crippen LogP contribution is 2.17. The lowest BCUT2D eigenvalue weighted by Gasteiger charge is -2.06. The summed E-state index contributed by atoms with van der Waals surface area (Å²) >= 11 is 1.40. The lowest BCUT2D eigenvalue weighted by Crippen LogP contribution is -2.14. The van der Waals surface area contributed by atoms with Crippen LogP contribution in [0.15, 0.2) is 29.3 Å². The normalized spacial score (nSPS) is 10.8. The van der Waals surface area contributed by atoms with Crippen molar-refractivity contribution in [2.45, 2.75) is 0 Å². The maximum absolute atomic E-state index is 11.3. The van der Waals surface area contributed by atoms with E-state index in [2.05, 4.69) is 14.8 Å². The maximum Gasteiger partial charge on any atom is 0.354 e. The second-order valence-corrected chi connectivity index (χ2v) is 3.62. The first-order valence-corrected chi connectivity index (χ1v) is 5.24. The molecule has 0 bridgehead atoms. The largest absolute Gasteiger partial charge is 0.466 e. The van der Waals surface area contributed by atoms with Gasteiger partial charge in [0.25, 0.3) is 0 Å². The van der Waals surface area contributed by atoms with Gasteiger partial charge < -0.3 is 14.8 Å². The van der Waals surface area contributed by atoms with E-state index in [9.17, 15) is 9.59 Å². The van der Waals surface area contributed by atoms with Crippen molar-refractivity contribution in [3.8, 4) is 0 Å². The minimum atomic E-state index is -0.626. The smallest absolute Gasteiger partial charge is 0.354 e. The quantitative estimate of drug-likeness (QED) is 0.637. The minimum absolute atomic E-state index is 0.0387. The molecule has 0 saturated heterocycles. The average Bonchev–Trinajstić information content (AvgIpc) is 2.79. The van der Waals surface area contributed by atoms with E-state index in [1.165, 1.54) is 25.6 Å². The third-order valence-electron chi connectivity index (χ3n) is 1.65. The van der Waals surface area contributed by atoms with Crippen LogP contribution in [0.2, 0.25) is 0 Å². The summed E-state index contributed by atoms with van der Waals surface area (Å²) in [7, 11) is 2.47. The third kappa shape index (κ3) is 3.39. The van der Waals surface area contributed by atoms with Gasteiger partial charge in [0.05, 0.1) is 25.3 Å². The van der Waals surface area contributed by atoms with Crippen molar-refractivity contribution in [3.63, 3.8) is 0 Å². The number of ether oxygens (including phenoxy) is 2. The van der Waals surface area contributed by atoms with E-state index in [0.29, 0.717) is 0 Å². The molecule has 1 heterocycles. The number of esters is 2. The molecule has 0 aliphatic rings. The second kappa shape index (κ2) is 5.92. The molecule has 0 spiro atoms. The Labute approximate surface area is 96.7 Å². The Kier molecular flexibility index (Phi) is 4.53. The van der Waals surface area contributed by atoms with E-state index < -0.39 is 11.9 Å². The lowest BCUT2D eigenvalue weighted by atomic mass is 10.4. The molecule has 1 rings (SSSR count). The Bertz CT molecular complexity index is 397. The van der Waals surface area contributed by atoms with Gasteiger partial charge in [-0.3, -0.25) is 0 Å². The second-order valence-electron chi connectivity index (χ2n) is 2.68. The van der Waals surface area contributed by atoms with Crippen molar-refractivity contribution in [3.05, 3.63) is 29.3 Å². The highest BCUT2D eigenvalue weighted by atomic mass is 32.1. The van der Waals surface area contributed by atoms with Crippen molar-refractivity contribution in [2.24, 2.45) is 0 Å². The number of anilines is 1. The van der Waals surface area contributed by atoms with Crippen LogP contribution >= 0.6 is 11.3 Å². The van der Waals surface area contributed by atoms with Crippen LogP contribution in [0.1, 0.15) is 0 Å². The van der Waals surface area contributed by atoms with Crippen LogP contribution in [0.4, 0.5) is 5.00 Å². The molecule has 1 aromatic heterocycles. The zero-order valence-corrected chi connectivity index (χ0v) is 9.67. The maximum atomic E-state index is 11.3. The number of rotatable bonds is 4. The van der Waals surface area contributed by atoms with Crippen LogP contribution in [0, 0.1) is 0 Å². The summed E-state index contributed by atoms with van der Waals surface area (Å²) in [6, 6.07) is 3.60.